The molecule has 2 amide bonds. The first-order chi connectivity index (χ1) is 16.4. The van der Waals surface area contributed by atoms with E-state index in [1.807, 2.05) is 54.6 Å². The van der Waals surface area contributed by atoms with Crippen LogP contribution in [-0.2, 0) is 14.3 Å². The number of hydrogen-bond acceptors (Lipinski definition) is 5. The molecule has 0 aliphatic heterocycles. The molecule has 2 atom stereocenters. The van der Waals surface area contributed by atoms with Gasteiger partial charge in [-0.05, 0) is 41.5 Å². The Hall–Kier alpha value is -3.86. The molecular weight excluding hydrogens is 434 g/mol. The van der Waals surface area contributed by atoms with Gasteiger partial charge in [-0.1, -0.05) is 55.5 Å². The first-order valence-corrected chi connectivity index (χ1v) is 11.4. The molecule has 0 saturated carbocycles. The van der Waals surface area contributed by atoms with Gasteiger partial charge in [-0.2, -0.15) is 5.26 Å². The van der Waals surface area contributed by atoms with E-state index in [1.165, 1.54) is 0 Å². The van der Waals surface area contributed by atoms with E-state index in [9.17, 15) is 14.4 Å². The smallest absolute Gasteiger partial charge is 0.407 e. The monoisotopic (exact) mass is 463 g/mol. The molecule has 3 rings (SSSR count). The summed E-state index contributed by atoms with van der Waals surface area (Å²) in [4.78, 5) is 36.4. The third-order valence-corrected chi connectivity index (χ3v) is 5.99. The Morgan fingerprint density at radius 1 is 1.06 bits per heavy atom. The Labute approximate surface area is 198 Å². The Kier molecular flexibility index (Phi) is 8.63. The summed E-state index contributed by atoms with van der Waals surface area (Å²) in [7, 11) is 0. The minimum absolute atomic E-state index is 0.107. The first kappa shape index (κ1) is 24.8. The number of unbranched alkanes of at least 4 members (excludes halogenated alkanes) is 1. The number of carbonyl (C=O) groups is 3. The van der Waals surface area contributed by atoms with Gasteiger partial charge in [0.15, 0.2) is 0 Å². The molecule has 8 heteroatoms. The fraction of sp³-hybridized carbons (Fsp3) is 0.385. The van der Waals surface area contributed by atoms with Gasteiger partial charge in [0.2, 0.25) is 5.91 Å². The van der Waals surface area contributed by atoms with Gasteiger partial charge in [-0.25, -0.2) is 4.79 Å². The van der Waals surface area contributed by atoms with Gasteiger partial charge in [-0.15, -0.1) is 0 Å². The van der Waals surface area contributed by atoms with E-state index < -0.39 is 30.1 Å². The molecule has 0 fully saturated rings. The van der Waals surface area contributed by atoms with Crippen LogP contribution in [-0.4, -0.2) is 41.8 Å². The van der Waals surface area contributed by atoms with Gasteiger partial charge in [0, 0.05) is 18.4 Å². The van der Waals surface area contributed by atoms with Crippen LogP contribution in [0.4, 0.5) is 4.79 Å². The minimum Gasteiger partial charge on any atom is -0.481 e. The molecule has 0 saturated heterocycles. The highest BCUT2D eigenvalue weighted by molar-refractivity contribution is 5.86. The van der Waals surface area contributed by atoms with Gasteiger partial charge < -0.3 is 20.5 Å². The van der Waals surface area contributed by atoms with E-state index in [-0.39, 0.29) is 31.8 Å². The quantitative estimate of drug-likeness (QED) is 0.433. The molecule has 0 bridgehead atoms. The van der Waals surface area contributed by atoms with E-state index in [0.29, 0.717) is 12.8 Å². The molecule has 0 heterocycles. The van der Waals surface area contributed by atoms with Gasteiger partial charge in [0.05, 0.1) is 12.5 Å². The summed E-state index contributed by atoms with van der Waals surface area (Å²) in [6.07, 6.45) is 0.389. The maximum atomic E-state index is 12.8. The first-order valence-electron chi connectivity index (χ1n) is 11.4. The van der Waals surface area contributed by atoms with Crippen LogP contribution < -0.4 is 10.6 Å². The predicted octanol–water partition coefficient (Wildman–Crippen LogP) is 3.96. The molecule has 3 N–H and O–H groups in total. The van der Waals surface area contributed by atoms with Crippen molar-refractivity contribution < 1.29 is 24.2 Å². The number of carboxylic acids is 1. The summed E-state index contributed by atoms with van der Waals surface area (Å²) < 4.78 is 5.53. The van der Waals surface area contributed by atoms with Crippen LogP contribution in [0.5, 0.6) is 0 Å². The summed E-state index contributed by atoms with van der Waals surface area (Å²) in [5.74, 6) is -1.61. The van der Waals surface area contributed by atoms with Crippen molar-refractivity contribution in [2.45, 2.75) is 57.0 Å². The predicted molar refractivity (Wildman–Crippen MR) is 126 cm³/mol. The number of ether oxygens (including phenoxy) is 1. The molecule has 178 valence electrons. The molecule has 1 aliphatic carbocycles. The highest BCUT2D eigenvalue weighted by Crippen LogP contribution is 2.44. The Balaban J connectivity index is 1.65. The van der Waals surface area contributed by atoms with Gasteiger partial charge in [0.25, 0.3) is 0 Å². The van der Waals surface area contributed by atoms with E-state index in [2.05, 4.69) is 10.6 Å². The zero-order valence-electron chi connectivity index (χ0n) is 19.1. The summed E-state index contributed by atoms with van der Waals surface area (Å²) in [6, 6.07) is 16.5. The van der Waals surface area contributed by atoms with Crippen LogP contribution in [0.2, 0.25) is 0 Å². The number of fused-ring (bicyclic) bond motifs is 3. The zero-order chi connectivity index (χ0) is 24.5. The summed E-state index contributed by atoms with van der Waals surface area (Å²) in [5, 5.41) is 23.1. The molecule has 8 nitrogen and oxygen atoms in total. The normalized spacial score (nSPS) is 13.6. The maximum absolute atomic E-state index is 12.8. The van der Waals surface area contributed by atoms with Crippen LogP contribution in [0.1, 0.15) is 56.1 Å². The SMILES string of the molecule is CC[C@H](CC(=O)O)NC(=O)C(CCCC#N)NC(=O)OCC1c2ccccc2-c2ccccc21. The van der Waals surface area contributed by atoms with E-state index in [4.69, 9.17) is 15.1 Å². The lowest BCUT2D eigenvalue weighted by atomic mass is 9.98. The summed E-state index contributed by atoms with van der Waals surface area (Å²) in [6.45, 7) is 1.89. The third-order valence-electron chi connectivity index (χ3n) is 5.99. The lowest BCUT2D eigenvalue weighted by Gasteiger charge is -2.22. The molecule has 1 aliphatic rings. The Morgan fingerprint density at radius 2 is 1.68 bits per heavy atom. The van der Waals surface area contributed by atoms with Crippen molar-refractivity contribution >= 4 is 18.0 Å². The van der Waals surface area contributed by atoms with Crippen LogP contribution in [0.15, 0.2) is 48.5 Å². The fourth-order valence-electron chi connectivity index (χ4n) is 4.25. The lowest BCUT2D eigenvalue weighted by Crippen LogP contribution is -2.50. The van der Waals surface area contributed by atoms with Gasteiger partial charge in [-0.3, -0.25) is 9.59 Å². The van der Waals surface area contributed by atoms with Crippen molar-refractivity contribution in [2.75, 3.05) is 6.61 Å². The van der Waals surface area contributed by atoms with Crippen molar-refractivity contribution in [3.8, 4) is 17.2 Å². The fourth-order valence-corrected chi connectivity index (χ4v) is 4.25. The van der Waals surface area contributed by atoms with Gasteiger partial charge >= 0.3 is 12.1 Å². The molecule has 0 radical (unpaired) electrons. The number of carbonyl (C=O) groups excluding carboxylic acids is 2. The van der Waals surface area contributed by atoms with Crippen molar-refractivity contribution in [1.82, 2.24) is 10.6 Å². The Morgan fingerprint density at radius 3 is 2.24 bits per heavy atom. The Bertz CT molecular complexity index is 1030. The second kappa shape index (κ2) is 11.8. The van der Waals surface area contributed by atoms with Crippen LogP contribution in [0.25, 0.3) is 11.1 Å². The number of nitrogens with one attached hydrogen (secondary N) is 2. The number of carboxylic acid groups (broad SMARTS) is 1. The number of rotatable bonds is 11. The molecule has 2 aromatic carbocycles. The third kappa shape index (κ3) is 6.13. The average Bonchev–Trinajstić information content (AvgIpc) is 3.15. The molecule has 34 heavy (non-hydrogen) atoms. The second-order valence-electron chi connectivity index (χ2n) is 8.28. The topological polar surface area (TPSA) is 129 Å². The number of hydrogen-bond donors (Lipinski definition) is 3. The largest absolute Gasteiger partial charge is 0.481 e. The molecule has 2 aromatic rings. The minimum atomic E-state index is -1.02. The lowest BCUT2D eigenvalue weighted by molar-refractivity contribution is -0.137. The number of aliphatic carboxylic acids is 1. The number of nitriles is 1. The van der Waals surface area contributed by atoms with Crippen molar-refractivity contribution in [3.05, 3.63) is 59.7 Å². The van der Waals surface area contributed by atoms with Crippen molar-refractivity contribution in [3.63, 3.8) is 0 Å². The van der Waals surface area contributed by atoms with Crippen molar-refractivity contribution in [1.29, 1.82) is 5.26 Å². The zero-order valence-corrected chi connectivity index (χ0v) is 19.1. The van der Waals surface area contributed by atoms with E-state index in [0.717, 1.165) is 22.3 Å². The van der Waals surface area contributed by atoms with Crippen LogP contribution in [0.3, 0.4) is 0 Å². The summed E-state index contributed by atoms with van der Waals surface area (Å²) in [5.41, 5.74) is 4.40. The molecule has 0 spiro atoms. The number of benzene rings is 2. The number of nitrogens with zero attached hydrogens (tertiary/aromatic N) is 1. The summed E-state index contributed by atoms with van der Waals surface area (Å²) >= 11 is 0. The van der Waals surface area contributed by atoms with Gasteiger partial charge in [0.1, 0.15) is 12.6 Å². The number of alkyl carbamates (subject to hydrolysis) is 1. The standard InChI is InChI=1S/C26H29N3O5/c1-2-17(15-24(30)31)28-25(32)23(13-7-8-14-27)29-26(33)34-16-22-20-11-5-3-9-18(20)19-10-4-6-12-21(19)22/h3-6,9-12,17,22-23H,2,7-8,13,15-16H2,1H3,(H,28,32)(H,29,33)(H,30,31)/t17-,23?/m1/s1. The highest BCUT2D eigenvalue weighted by atomic mass is 16.5. The van der Waals surface area contributed by atoms with E-state index in [1.54, 1.807) is 6.92 Å². The van der Waals surface area contributed by atoms with Crippen LogP contribution >= 0.6 is 0 Å². The van der Waals surface area contributed by atoms with E-state index >= 15 is 0 Å². The molecule has 1 unspecified atom stereocenters. The highest BCUT2D eigenvalue weighted by Gasteiger charge is 2.30. The number of amides is 2. The average molecular weight is 464 g/mol. The molecule has 0 aromatic heterocycles. The van der Waals surface area contributed by atoms with Crippen molar-refractivity contribution in [2.24, 2.45) is 0 Å². The molecular formula is C26H29N3O5. The van der Waals surface area contributed by atoms with Crippen LogP contribution in [0, 0.1) is 11.3 Å². The second-order valence-corrected chi connectivity index (χ2v) is 8.28. The maximum Gasteiger partial charge on any atom is 0.407 e.